The van der Waals surface area contributed by atoms with Gasteiger partial charge in [0.1, 0.15) is 18.0 Å². The second kappa shape index (κ2) is 7.05. The van der Waals surface area contributed by atoms with Crippen molar-refractivity contribution in [2.24, 2.45) is 5.92 Å². The molecule has 1 aliphatic carbocycles. The molecular weight excluding hydrogens is 385 g/mol. The second-order valence-electron chi connectivity index (χ2n) is 7.20. The van der Waals surface area contributed by atoms with Gasteiger partial charge in [-0.3, -0.25) is 9.78 Å². The molecule has 1 aromatic carbocycles. The molecule has 1 fully saturated rings. The highest BCUT2D eigenvalue weighted by atomic mass is 32.2. The number of carbonyl (C=O) groups excluding carboxylic acids is 1. The lowest BCUT2D eigenvalue weighted by Crippen LogP contribution is -2.31. The summed E-state index contributed by atoms with van der Waals surface area (Å²) in [7, 11) is -4.20. The van der Waals surface area contributed by atoms with Gasteiger partial charge in [-0.25, -0.2) is 13.4 Å². The highest BCUT2D eigenvalue weighted by Crippen LogP contribution is 2.41. The largest absolute Gasteiger partial charge is 0.506 e. The molecule has 0 radical (unpaired) electrons. The van der Waals surface area contributed by atoms with Crippen molar-refractivity contribution in [1.29, 1.82) is 0 Å². The molecule has 2 heterocycles. The fourth-order valence-electron chi connectivity index (χ4n) is 3.94. The molecule has 7 nitrogen and oxygen atoms in total. The highest BCUT2D eigenvalue weighted by molar-refractivity contribution is 7.92. The molecule has 0 saturated carbocycles. The maximum Gasteiger partial charge on any atom is 0.326 e. The minimum absolute atomic E-state index is 0.233. The third-order valence-corrected chi connectivity index (χ3v) is 6.71. The molecule has 1 saturated heterocycles. The molecule has 4 rings (SSSR count). The van der Waals surface area contributed by atoms with E-state index >= 15 is 4.39 Å². The average molecular weight is 405 g/mol. The number of rotatable bonds is 4. The number of carbonyl (C=O) groups is 1. The van der Waals surface area contributed by atoms with Crippen molar-refractivity contribution >= 4 is 21.8 Å². The maximum atomic E-state index is 15.3. The number of halogens is 1. The SMILES string of the molecule is O=C1CN(c2c(O)cc3c(c2F)CC(CCc2ccccn2)CC3)S(=O)(=O)N1. The standard InChI is InChI=1S/C19H20FN3O4S/c20-18-15-9-12(5-7-14-3-1-2-8-21-14)4-6-13(15)10-16(24)19(18)23-11-17(25)22-28(23,26)27/h1-3,8,10,12,24H,4-7,9,11H2,(H,22,25). The number of aryl methyl sites for hydroxylation is 2. The maximum absolute atomic E-state index is 15.3. The van der Waals surface area contributed by atoms with Gasteiger partial charge in [-0.15, -0.1) is 0 Å². The minimum Gasteiger partial charge on any atom is -0.506 e. The number of nitrogens with zero attached hydrogens (tertiary/aromatic N) is 2. The molecule has 2 aromatic rings. The molecule has 1 unspecified atom stereocenters. The van der Waals surface area contributed by atoms with Crippen molar-refractivity contribution in [1.82, 2.24) is 9.71 Å². The van der Waals surface area contributed by atoms with Crippen molar-refractivity contribution in [3.63, 3.8) is 0 Å². The predicted octanol–water partition coefficient (Wildman–Crippen LogP) is 1.84. The number of hydrogen-bond acceptors (Lipinski definition) is 5. The summed E-state index contributed by atoms with van der Waals surface area (Å²) >= 11 is 0. The number of nitrogens with one attached hydrogen (secondary N) is 1. The molecule has 1 amide bonds. The monoisotopic (exact) mass is 405 g/mol. The smallest absolute Gasteiger partial charge is 0.326 e. The fraction of sp³-hybridized carbons (Fsp3) is 0.368. The van der Waals surface area contributed by atoms with E-state index in [9.17, 15) is 18.3 Å². The Morgan fingerprint density at radius 1 is 1.36 bits per heavy atom. The van der Waals surface area contributed by atoms with Gasteiger partial charge in [-0.1, -0.05) is 6.07 Å². The number of hydrogen-bond donors (Lipinski definition) is 2. The van der Waals surface area contributed by atoms with Crippen LogP contribution < -0.4 is 9.03 Å². The number of amides is 1. The van der Waals surface area contributed by atoms with Crippen LogP contribution in [0.2, 0.25) is 0 Å². The summed E-state index contributed by atoms with van der Waals surface area (Å²) in [5.74, 6) is -1.76. The van der Waals surface area contributed by atoms with Gasteiger partial charge in [-0.2, -0.15) is 8.42 Å². The molecule has 0 spiro atoms. The van der Waals surface area contributed by atoms with E-state index in [1.54, 1.807) is 10.9 Å². The van der Waals surface area contributed by atoms with E-state index in [0.717, 1.165) is 25.0 Å². The third-order valence-electron chi connectivity index (χ3n) is 5.33. The Labute approximate surface area is 162 Å². The molecule has 1 aromatic heterocycles. The number of anilines is 1. The van der Waals surface area contributed by atoms with Gasteiger partial charge in [0.05, 0.1) is 0 Å². The van der Waals surface area contributed by atoms with Crippen LogP contribution in [-0.4, -0.2) is 31.0 Å². The van der Waals surface area contributed by atoms with E-state index in [0.29, 0.717) is 28.3 Å². The summed E-state index contributed by atoms with van der Waals surface area (Å²) in [4.78, 5) is 15.8. The van der Waals surface area contributed by atoms with E-state index in [1.807, 2.05) is 18.2 Å². The average Bonchev–Trinajstić information content (AvgIpc) is 2.93. The molecule has 28 heavy (non-hydrogen) atoms. The molecule has 148 valence electrons. The Hall–Kier alpha value is -2.68. The highest BCUT2D eigenvalue weighted by Gasteiger charge is 2.39. The quantitative estimate of drug-likeness (QED) is 0.809. The second-order valence-corrected chi connectivity index (χ2v) is 8.80. The van der Waals surface area contributed by atoms with Crippen LogP contribution in [0.5, 0.6) is 5.75 Å². The van der Waals surface area contributed by atoms with Gasteiger partial charge < -0.3 is 5.11 Å². The van der Waals surface area contributed by atoms with Crippen molar-refractivity contribution in [2.75, 3.05) is 10.8 Å². The van der Waals surface area contributed by atoms with Crippen LogP contribution >= 0.6 is 0 Å². The van der Waals surface area contributed by atoms with Gasteiger partial charge in [0.25, 0.3) is 5.91 Å². The summed E-state index contributed by atoms with van der Waals surface area (Å²) in [6, 6.07) is 7.16. The molecule has 1 aliphatic heterocycles. The number of phenolic OH excluding ortho intramolecular Hbond substituents is 1. The number of benzene rings is 1. The normalized spacial score (nSPS) is 20.7. The molecule has 2 aliphatic rings. The first kappa shape index (κ1) is 18.7. The van der Waals surface area contributed by atoms with E-state index in [-0.39, 0.29) is 5.92 Å². The molecule has 9 heteroatoms. The lowest BCUT2D eigenvalue weighted by molar-refractivity contribution is -0.117. The van der Waals surface area contributed by atoms with Crippen molar-refractivity contribution in [3.8, 4) is 5.75 Å². The van der Waals surface area contributed by atoms with E-state index in [2.05, 4.69) is 4.98 Å². The summed E-state index contributed by atoms with van der Waals surface area (Å²) < 4.78 is 41.8. The van der Waals surface area contributed by atoms with E-state index < -0.39 is 39.9 Å². The number of phenols is 1. The zero-order chi connectivity index (χ0) is 19.9. The topological polar surface area (TPSA) is 99.6 Å². The van der Waals surface area contributed by atoms with Crippen LogP contribution in [0.1, 0.15) is 29.7 Å². The summed E-state index contributed by atoms with van der Waals surface area (Å²) in [6.07, 6.45) is 5.29. The first-order valence-corrected chi connectivity index (χ1v) is 10.6. The lowest BCUT2D eigenvalue weighted by atomic mass is 9.80. The van der Waals surface area contributed by atoms with Crippen LogP contribution in [0.25, 0.3) is 0 Å². The van der Waals surface area contributed by atoms with E-state index in [1.165, 1.54) is 6.07 Å². The van der Waals surface area contributed by atoms with Gasteiger partial charge in [0, 0.05) is 11.9 Å². The predicted molar refractivity (Wildman–Crippen MR) is 101 cm³/mol. The van der Waals surface area contributed by atoms with Crippen LogP contribution in [0.15, 0.2) is 30.5 Å². The number of aromatic hydroxyl groups is 1. The Balaban J connectivity index is 1.60. The lowest BCUT2D eigenvalue weighted by Gasteiger charge is -2.27. The Morgan fingerprint density at radius 3 is 2.86 bits per heavy atom. The molecular formula is C19H20FN3O4S. The Bertz CT molecular complexity index is 1030. The fourth-order valence-corrected chi connectivity index (χ4v) is 5.10. The first-order chi connectivity index (χ1) is 13.3. The number of fused-ring (bicyclic) bond motifs is 1. The Morgan fingerprint density at radius 2 is 2.18 bits per heavy atom. The van der Waals surface area contributed by atoms with Crippen LogP contribution in [-0.2, 0) is 34.3 Å². The summed E-state index contributed by atoms with van der Waals surface area (Å²) in [6.45, 7) is -0.547. The summed E-state index contributed by atoms with van der Waals surface area (Å²) in [5.41, 5.74) is 1.62. The first-order valence-electron chi connectivity index (χ1n) is 9.11. The van der Waals surface area contributed by atoms with Crippen molar-refractivity contribution in [2.45, 2.75) is 32.1 Å². The van der Waals surface area contributed by atoms with Crippen LogP contribution in [0, 0.1) is 11.7 Å². The van der Waals surface area contributed by atoms with Crippen LogP contribution in [0.4, 0.5) is 10.1 Å². The van der Waals surface area contributed by atoms with Crippen molar-refractivity contribution in [3.05, 3.63) is 53.1 Å². The van der Waals surface area contributed by atoms with Gasteiger partial charge in [-0.05, 0) is 67.3 Å². The van der Waals surface area contributed by atoms with Gasteiger partial charge in [0.2, 0.25) is 0 Å². The van der Waals surface area contributed by atoms with Gasteiger partial charge >= 0.3 is 10.2 Å². The Kier molecular flexibility index (Phi) is 4.70. The number of aromatic nitrogens is 1. The van der Waals surface area contributed by atoms with Gasteiger partial charge in [0.15, 0.2) is 5.82 Å². The molecule has 2 N–H and O–H groups in total. The zero-order valence-corrected chi connectivity index (χ0v) is 15.9. The van der Waals surface area contributed by atoms with Crippen molar-refractivity contribution < 1.29 is 22.7 Å². The third kappa shape index (κ3) is 3.42. The zero-order valence-electron chi connectivity index (χ0n) is 15.1. The molecule has 0 bridgehead atoms. The summed E-state index contributed by atoms with van der Waals surface area (Å²) in [5, 5.41) is 10.3. The van der Waals surface area contributed by atoms with Crippen LogP contribution in [0.3, 0.4) is 0 Å². The minimum atomic E-state index is -4.20. The molecule has 1 atom stereocenters. The number of pyridine rings is 1. The van der Waals surface area contributed by atoms with E-state index in [4.69, 9.17) is 0 Å².